The van der Waals surface area contributed by atoms with E-state index in [4.69, 9.17) is 23.6 Å². The van der Waals surface area contributed by atoms with Crippen LogP contribution in [-0.2, 0) is 0 Å². The van der Waals surface area contributed by atoms with Crippen LogP contribution < -0.4 is 0 Å². The summed E-state index contributed by atoms with van der Waals surface area (Å²) in [6.07, 6.45) is -1.87. The fourth-order valence-corrected chi connectivity index (χ4v) is 2.07. The molecule has 0 spiro atoms. The van der Waals surface area contributed by atoms with E-state index in [2.05, 4.69) is 0 Å². The van der Waals surface area contributed by atoms with Crippen molar-refractivity contribution in [1.29, 1.82) is 0 Å². The molecule has 86 valence electrons. The van der Waals surface area contributed by atoms with Crippen molar-refractivity contribution in [3.63, 3.8) is 0 Å². The first kappa shape index (κ1) is 11.6. The first-order chi connectivity index (χ1) is 7.61. The van der Waals surface area contributed by atoms with E-state index in [9.17, 15) is 8.78 Å². The van der Waals surface area contributed by atoms with Crippen molar-refractivity contribution in [2.45, 2.75) is 12.5 Å². The first-order valence-corrected chi connectivity index (χ1v) is 5.24. The van der Waals surface area contributed by atoms with Crippen molar-refractivity contribution >= 4 is 23.6 Å². The average molecular weight is 265 g/mol. The quantitative estimate of drug-likeness (QED) is 0.564. The predicted octanol–water partition coefficient (Wildman–Crippen LogP) is 3.72. The van der Waals surface area contributed by atoms with Gasteiger partial charge in [0.25, 0.3) is 0 Å². The van der Waals surface area contributed by atoms with Crippen LogP contribution in [0.5, 0.6) is 0 Å². The minimum Gasteiger partial charge on any atom is -0.237 e. The number of hydrogen-bond acceptors (Lipinski definition) is 2. The van der Waals surface area contributed by atoms with Crippen LogP contribution in [0.1, 0.15) is 11.7 Å². The number of halogens is 4. The van der Waals surface area contributed by atoms with Gasteiger partial charge in [-0.1, -0.05) is 30.3 Å². The summed E-state index contributed by atoms with van der Waals surface area (Å²) < 4.78 is 28.2. The highest BCUT2D eigenvalue weighted by Gasteiger charge is 2.36. The van der Waals surface area contributed by atoms with Crippen molar-refractivity contribution in [3.05, 3.63) is 47.9 Å². The van der Waals surface area contributed by atoms with Crippen molar-refractivity contribution in [1.82, 2.24) is 8.84 Å². The second kappa shape index (κ2) is 4.57. The maximum absolute atomic E-state index is 13.3. The maximum Gasteiger partial charge on any atom is 0.206 e. The van der Waals surface area contributed by atoms with Crippen LogP contribution >= 0.6 is 23.6 Å². The summed E-state index contributed by atoms with van der Waals surface area (Å²) in [5, 5.41) is 0. The van der Waals surface area contributed by atoms with Gasteiger partial charge >= 0.3 is 0 Å². The van der Waals surface area contributed by atoms with Gasteiger partial charge in [0, 0.05) is 17.9 Å². The Bertz CT molecular complexity index is 399. The van der Waals surface area contributed by atoms with E-state index >= 15 is 0 Å². The van der Waals surface area contributed by atoms with Crippen LogP contribution in [0.4, 0.5) is 8.78 Å². The molecule has 2 rings (SSSR count). The second-order valence-corrected chi connectivity index (χ2v) is 4.06. The number of hydrogen-bond donors (Lipinski definition) is 0. The lowest BCUT2D eigenvalue weighted by atomic mass is 10.1. The van der Waals surface area contributed by atoms with E-state index in [1.54, 1.807) is 30.3 Å². The maximum atomic E-state index is 13.3. The smallest absolute Gasteiger partial charge is 0.206 e. The highest BCUT2D eigenvalue weighted by atomic mass is 35.5. The van der Waals surface area contributed by atoms with Gasteiger partial charge in [-0.3, -0.25) is 0 Å². The standard InChI is InChI=1S/C10H8Cl2F2N2/c11-15-8(13)6-9(14)16(12)10(15)7-4-2-1-3-5-7/h1-6,8,10H. The molecule has 1 aliphatic rings. The van der Waals surface area contributed by atoms with Crippen molar-refractivity contribution < 1.29 is 8.78 Å². The van der Waals surface area contributed by atoms with Gasteiger partial charge in [0.2, 0.25) is 5.95 Å². The molecule has 0 radical (unpaired) electrons. The van der Waals surface area contributed by atoms with Crippen molar-refractivity contribution in [2.75, 3.05) is 0 Å². The lowest BCUT2D eigenvalue weighted by molar-refractivity contribution is 0.0789. The van der Waals surface area contributed by atoms with Gasteiger partial charge in [0.15, 0.2) is 6.30 Å². The van der Waals surface area contributed by atoms with Gasteiger partial charge < -0.3 is 0 Å². The first-order valence-electron chi connectivity index (χ1n) is 4.56. The summed E-state index contributed by atoms with van der Waals surface area (Å²) in [6.45, 7) is 0. The highest BCUT2D eigenvalue weighted by molar-refractivity contribution is 6.17. The third-order valence-electron chi connectivity index (χ3n) is 2.26. The van der Waals surface area contributed by atoms with Crippen LogP contribution in [0.15, 0.2) is 42.4 Å². The summed E-state index contributed by atoms with van der Waals surface area (Å²) in [5.74, 6) is -0.847. The number of nitrogens with zero attached hydrogens (tertiary/aromatic N) is 2. The van der Waals surface area contributed by atoms with Crippen LogP contribution in [0.2, 0.25) is 0 Å². The molecule has 0 amide bonds. The molecule has 1 aromatic carbocycles. The molecule has 2 unspecified atom stereocenters. The molecule has 1 aromatic rings. The molecule has 16 heavy (non-hydrogen) atoms. The SMILES string of the molecule is FC1=CC(F)N(Cl)C(c2ccccc2)N1Cl. The largest absolute Gasteiger partial charge is 0.237 e. The Balaban J connectivity index is 2.37. The van der Waals surface area contributed by atoms with Crippen molar-refractivity contribution in [2.24, 2.45) is 0 Å². The summed E-state index contributed by atoms with van der Waals surface area (Å²) in [4.78, 5) is 0. The Kier molecular flexibility index (Phi) is 3.33. The van der Waals surface area contributed by atoms with Crippen LogP contribution in [0, 0.1) is 0 Å². The van der Waals surface area contributed by atoms with E-state index < -0.39 is 18.4 Å². The third-order valence-corrected chi connectivity index (χ3v) is 2.98. The molecule has 0 aromatic heterocycles. The van der Waals surface area contributed by atoms with Crippen LogP contribution in [0.25, 0.3) is 0 Å². The lowest BCUT2D eigenvalue weighted by Crippen LogP contribution is -2.38. The Labute approximate surface area is 102 Å². The van der Waals surface area contributed by atoms with Gasteiger partial charge in [-0.15, -0.1) is 0 Å². The Morgan fingerprint density at radius 1 is 1.12 bits per heavy atom. The normalized spacial score (nSPS) is 26.8. The van der Waals surface area contributed by atoms with E-state index in [0.717, 1.165) is 8.84 Å². The van der Waals surface area contributed by atoms with E-state index in [1.165, 1.54) is 0 Å². The fraction of sp³-hybridized carbons (Fsp3) is 0.200. The Hall–Kier alpha value is -0.840. The molecule has 0 saturated heterocycles. The molecular weight excluding hydrogens is 257 g/mol. The zero-order chi connectivity index (χ0) is 11.7. The monoisotopic (exact) mass is 264 g/mol. The zero-order valence-electron chi connectivity index (χ0n) is 8.03. The predicted molar refractivity (Wildman–Crippen MR) is 58.7 cm³/mol. The van der Waals surface area contributed by atoms with Crippen LogP contribution in [-0.4, -0.2) is 15.1 Å². The highest BCUT2D eigenvalue weighted by Crippen LogP contribution is 2.38. The van der Waals surface area contributed by atoms with Gasteiger partial charge in [-0.25, -0.2) is 8.81 Å². The molecule has 0 N–H and O–H groups in total. The molecule has 2 nitrogen and oxygen atoms in total. The summed E-state index contributed by atoms with van der Waals surface area (Å²) in [5.41, 5.74) is 0.610. The fourth-order valence-electron chi connectivity index (χ4n) is 1.50. The third kappa shape index (κ3) is 2.00. The van der Waals surface area contributed by atoms with Gasteiger partial charge in [0.05, 0.1) is 0 Å². The zero-order valence-corrected chi connectivity index (χ0v) is 9.54. The Morgan fingerprint density at radius 2 is 1.75 bits per heavy atom. The molecule has 1 heterocycles. The molecular formula is C10H8Cl2F2N2. The minimum absolute atomic E-state index is 0.610. The average Bonchev–Trinajstić information content (AvgIpc) is 2.28. The lowest BCUT2D eigenvalue weighted by Gasteiger charge is -2.36. The van der Waals surface area contributed by atoms with E-state index in [1.807, 2.05) is 0 Å². The molecule has 0 saturated carbocycles. The molecule has 6 heteroatoms. The van der Waals surface area contributed by atoms with Gasteiger partial charge in [0.1, 0.15) is 6.17 Å². The molecule has 0 fully saturated rings. The number of alkyl halides is 1. The Morgan fingerprint density at radius 3 is 2.38 bits per heavy atom. The van der Waals surface area contributed by atoms with Gasteiger partial charge in [-0.05, 0) is 17.3 Å². The second-order valence-electron chi connectivity index (χ2n) is 3.30. The van der Waals surface area contributed by atoms with Crippen molar-refractivity contribution in [3.8, 4) is 0 Å². The van der Waals surface area contributed by atoms with E-state index in [-0.39, 0.29) is 0 Å². The molecule has 2 atom stereocenters. The van der Waals surface area contributed by atoms with Crippen LogP contribution in [0.3, 0.4) is 0 Å². The number of benzene rings is 1. The van der Waals surface area contributed by atoms with Gasteiger partial charge in [-0.2, -0.15) is 8.81 Å². The summed E-state index contributed by atoms with van der Waals surface area (Å²) >= 11 is 11.5. The molecule has 0 aliphatic carbocycles. The minimum atomic E-state index is -1.71. The molecule has 1 aliphatic heterocycles. The van der Waals surface area contributed by atoms with E-state index in [0.29, 0.717) is 11.6 Å². The summed E-state index contributed by atoms with van der Waals surface area (Å²) in [7, 11) is 0. The summed E-state index contributed by atoms with van der Waals surface area (Å²) in [6, 6.07) is 8.67. The number of rotatable bonds is 1. The topological polar surface area (TPSA) is 6.48 Å². The molecule has 0 bridgehead atoms.